The first-order valence-electron chi connectivity index (χ1n) is 8.87. The molecule has 0 spiro atoms. The van der Waals surface area contributed by atoms with E-state index in [0.717, 1.165) is 9.39 Å². The first-order chi connectivity index (χ1) is 14.1. The van der Waals surface area contributed by atoms with Crippen LogP contribution in [0.25, 0.3) is 11.4 Å². The third-order valence-electron chi connectivity index (χ3n) is 3.89. The van der Waals surface area contributed by atoms with Gasteiger partial charge in [0, 0.05) is 43.5 Å². The van der Waals surface area contributed by atoms with Gasteiger partial charge in [-0.15, -0.1) is 6.07 Å². The van der Waals surface area contributed by atoms with Gasteiger partial charge in [-0.25, -0.2) is 0 Å². The molecule has 1 heterocycles. The molecule has 4 aromatic rings. The summed E-state index contributed by atoms with van der Waals surface area (Å²) in [5.41, 5.74) is 2.17. The molecule has 1 N–H and O–H groups in total. The van der Waals surface area contributed by atoms with E-state index in [-0.39, 0.29) is 31.6 Å². The van der Waals surface area contributed by atoms with Crippen molar-refractivity contribution < 1.29 is 30.0 Å². The summed E-state index contributed by atoms with van der Waals surface area (Å²) in [6, 6.07) is 30.7. The average molecular weight is 686 g/mol. The van der Waals surface area contributed by atoms with Crippen LogP contribution in [0.2, 0.25) is 0 Å². The van der Waals surface area contributed by atoms with Crippen molar-refractivity contribution in [2.45, 2.75) is 0 Å². The molecule has 0 fully saturated rings. The van der Waals surface area contributed by atoms with Crippen molar-refractivity contribution in [2.24, 2.45) is 0 Å². The van der Waals surface area contributed by atoms with Crippen molar-refractivity contribution >= 4 is 34.1 Å². The van der Waals surface area contributed by atoms with E-state index >= 15 is 0 Å². The molecule has 0 aliphatic heterocycles. The van der Waals surface area contributed by atoms with Gasteiger partial charge in [0.2, 0.25) is 0 Å². The van der Waals surface area contributed by atoms with Crippen molar-refractivity contribution in [1.29, 1.82) is 0 Å². The summed E-state index contributed by atoms with van der Waals surface area (Å²) in [6.45, 7) is 0. The summed E-state index contributed by atoms with van der Waals surface area (Å²) in [5.74, 6) is -0.216. The number of carbonyl (C=O) groups excluding carboxylic acids is 1. The van der Waals surface area contributed by atoms with E-state index in [2.05, 4.69) is 33.8 Å². The second kappa shape index (κ2) is 12.2. The van der Waals surface area contributed by atoms with Crippen LogP contribution in [0.5, 0.6) is 0 Å². The van der Waals surface area contributed by atoms with Crippen LogP contribution in [0.1, 0.15) is 15.9 Å². The molecule has 0 saturated heterocycles. The quantitative estimate of drug-likeness (QED) is 0.0981. The number of aromatic nitrogens is 2. The summed E-state index contributed by atoms with van der Waals surface area (Å²) in [7, 11) is 0. The van der Waals surface area contributed by atoms with E-state index in [1.165, 1.54) is 6.08 Å². The molecule has 0 unspecified atom stereocenters. The molecule has 4 rings (SSSR count). The SMILES string of the molecule is Ic1ccn(-c2[c-]cccc2)n1.O=C(/C=C(\O)c1ccccc1)c1ccccc1.[Ir]. The topological polar surface area (TPSA) is 55.1 Å². The zero-order valence-corrected chi connectivity index (χ0v) is 20.3. The van der Waals surface area contributed by atoms with Crippen molar-refractivity contribution in [1.82, 2.24) is 9.78 Å². The number of hydrogen-bond donors (Lipinski definition) is 1. The fraction of sp³-hybridized carbons (Fsp3) is 0. The standard InChI is InChI=1S/C15H12O2.C9H6IN2.Ir/c16-14(12-7-3-1-4-8-12)11-15(17)13-9-5-2-6-10-13;10-9-6-7-12(11-9)8-4-2-1-3-5-8;/h1-11,16H;1-4,6-7H;/q;-1;/b14-11-;;. The Kier molecular flexibility index (Phi) is 9.67. The normalized spacial score (nSPS) is 10.4. The van der Waals surface area contributed by atoms with Gasteiger partial charge in [0.25, 0.3) is 0 Å². The van der Waals surface area contributed by atoms with Gasteiger partial charge in [0.05, 0.1) is 0 Å². The summed E-state index contributed by atoms with van der Waals surface area (Å²) in [4.78, 5) is 11.8. The zero-order chi connectivity index (χ0) is 20.5. The molecule has 3 aromatic carbocycles. The number of benzene rings is 3. The Morgan fingerprint density at radius 3 is 2.03 bits per heavy atom. The number of rotatable bonds is 4. The molecule has 6 heteroatoms. The zero-order valence-electron chi connectivity index (χ0n) is 15.8. The first kappa shape index (κ1) is 23.7. The molecule has 0 aliphatic rings. The predicted octanol–water partition coefficient (Wildman–Crippen LogP) is 5.74. The number of para-hydroxylation sites is 1. The summed E-state index contributed by atoms with van der Waals surface area (Å²) < 4.78 is 2.80. The molecular formula is C24H18IIrN2O2-. The molecule has 0 bridgehead atoms. The predicted molar refractivity (Wildman–Crippen MR) is 123 cm³/mol. The molecule has 30 heavy (non-hydrogen) atoms. The van der Waals surface area contributed by atoms with Crippen LogP contribution >= 0.6 is 22.6 Å². The van der Waals surface area contributed by atoms with Crippen LogP contribution in [0.4, 0.5) is 0 Å². The molecule has 1 radical (unpaired) electrons. The van der Waals surface area contributed by atoms with E-state index in [9.17, 15) is 9.90 Å². The van der Waals surface area contributed by atoms with Gasteiger partial charge in [-0.3, -0.25) is 9.48 Å². The van der Waals surface area contributed by atoms with Crippen LogP contribution < -0.4 is 0 Å². The Bertz CT molecular complexity index is 1080. The number of hydrogen-bond acceptors (Lipinski definition) is 3. The van der Waals surface area contributed by atoms with Gasteiger partial charge >= 0.3 is 0 Å². The largest absolute Gasteiger partial charge is 0.507 e. The van der Waals surface area contributed by atoms with Gasteiger partial charge in [-0.05, 0) is 34.3 Å². The van der Waals surface area contributed by atoms with Gasteiger partial charge in [0.1, 0.15) is 9.46 Å². The van der Waals surface area contributed by atoms with Gasteiger partial charge < -0.3 is 5.11 Å². The van der Waals surface area contributed by atoms with Crippen LogP contribution in [0.3, 0.4) is 0 Å². The molecule has 153 valence electrons. The van der Waals surface area contributed by atoms with Crippen LogP contribution in [0.15, 0.2) is 103 Å². The number of halogens is 1. The third-order valence-corrected chi connectivity index (χ3v) is 4.47. The first-order valence-corrected chi connectivity index (χ1v) is 9.95. The number of aliphatic hydroxyl groups is 1. The van der Waals surface area contributed by atoms with Gasteiger partial charge in [-0.1, -0.05) is 60.7 Å². The second-order valence-corrected chi connectivity index (χ2v) is 7.06. The Labute approximate surface area is 202 Å². The van der Waals surface area contributed by atoms with Crippen molar-refractivity contribution in [3.8, 4) is 5.69 Å². The maximum absolute atomic E-state index is 11.8. The monoisotopic (exact) mass is 686 g/mol. The van der Waals surface area contributed by atoms with Crippen LogP contribution in [-0.2, 0) is 20.1 Å². The van der Waals surface area contributed by atoms with Crippen molar-refractivity contribution in [2.75, 3.05) is 0 Å². The molecule has 0 amide bonds. The van der Waals surface area contributed by atoms with Crippen molar-refractivity contribution in [3.05, 3.63) is 124 Å². The number of nitrogens with zero attached hydrogens (tertiary/aromatic N) is 2. The minimum atomic E-state index is -0.202. The summed E-state index contributed by atoms with van der Waals surface area (Å²) in [5, 5.41) is 14.0. The Hall–Kier alpha value is -2.54. The minimum Gasteiger partial charge on any atom is -0.507 e. The number of aliphatic hydroxyl groups excluding tert-OH is 1. The number of ketones is 1. The van der Waals surface area contributed by atoms with Gasteiger partial charge in [0.15, 0.2) is 5.78 Å². The fourth-order valence-corrected chi connectivity index (χ4v) is 2.86. The van der Waals surface area contributed by atoms with Crippen molar-refractivity contribution in [3.63, 3.8) is 0 Å². The van der Waals surface area contributed by atoms with E-state index in [0.29, 0.717) is 11.1 Å². The average Bonchev–Trinajstić information content (AvgIpc) is 3.22. The van der Waals surface area contributed by atoms with E-state index in [1.807, 2.05) is 65.5 Å². The number of carbonyl (C=O) groups is 1. The molecular weight excluding hydrogens is 667 g/mol. The maximum Gasteiger partial charge on any atom is 0.189 e. The molecule has 0 saturated carbocycles. The molecule has 4 nitrogen and oxygen atoms in total. The summed E-state index contributed by atoms with van der Waals surface area (Å²) >= 11 is 2.18. The maximum atomic E-state index is 11.8. The van der Waals surface area contributed by atoms with E-state index in [1.54, 1.807) is 36.4 Å². The van der Waals surface area contributed by atoms with Gasteiger partial charge in [-0.2, -0.15) is 29.4 Å². The molecule has 0 atom stereocenters. The smallest absolute Gasteiger partial charge is 0.189 e. The van der Waals surface area contributed by atoms with Crippen LogP contribution in [0, 0.1) is 9.77 Å². The third kappa shape index (κ3) is 7.06. The van der Waals surface area contributed by atoms with E-state index < -0.39 is 0 Å². The number of allylic oxidation sites excluding steroid dienone is 1. The molecule has 0 aliphatic carbocycles. The molecule has 1 aromatic heterocycles. The Balaban J connectivity index is 0.000000218. The van der Waals surface area contributed by atoms with Crippen LogP contribution in [-0.4, -0.2) is 20.7 Å². The van der Waals surface area contributed by atoms with E-state index in [4.69, 9.17) is 0 Å². The summed E-state index contributed by atoms with van der Waals surface area (Å²) in [6.07, 6.45) is 3.16. The Morgan fingerprint density at radius 1 is 0.900 bits per heavy atom. The Morgan fingerprint density at radius 2 is 1.50 bits per heavy atom. The fourth-order valence-electron chi connectivity index (χ4n) is 2.46. The second-order valence-electron chi connectivity index (χ2n) is 5.96. The minimum absolute atomic E-state index is 0.